The van der Waals surface area contributed by atoms with E-state index in [9.17, 15) is 4.79 Å². The molecule has 1 aliphatic heterocycles. The Labute approximate surface area is 139 Å². The van der Waals surface area contributed by atoms with Gasteiger partial charge in [0.25, 0.3) is 5.91 Å². The Morgan fingerprint density at radius 3 is 2.62 bits per heavy atom. The van der Waals surface area contributed by atoms with Crippen molar-refractivity contribution >= 4 is 46.0 Å². The minimum atomic E-state index is -0.381. The molecule has 1 aromatic rings. The highest BCUT2D eigenvalue weighted by atomic mass is 35.5. The van der Waals surface area contributed by atoms with E-state index in [0.717, 1.165) is 24.7 Å². The van der Waals surface area contributed by atoms with Crippen LogP contribution in [-0.2, 0) is 0 Å². The summed E-state index contributed by atoms with van der Waals surface area (Å²) in [4.78, 5) is 18.8. The summed E-state index contributed by atoms with van der Waals surface area (Å²) in [7, 11) is 0. The van der Waals surface area contributed by atoms with Crippen molar-refractivity contribution in [2.75, 3.05) is 19.3 Å². The highest BCUT2D eigenvalue weighted by Gasteiger charge is 2.21. The van der Waals surface area contributed by atoms with E-state index >= 15 is 0 Å². The summed E-state index contributed by atoms with van der Waals surface area (Å²) in [6.07, 6.45) is 4.28. The zero-order valence-electron chi connectivity index (χ0n) is 12.1. The van der Waals surface area contributed by atoms with Gasteiger partial charge in [-0.05, 0) is 37.1 Å². The Morgan fingerprint density at radius 1 is 1.38 bits per heavy atom. The van der Waals surface area contributed by atoms with Gasteiger partial charge in [0.15, 0.2) is 5.17 Å². The van der Waals surface area contributed by atoms with Gasteiger partial charge in [-0.3, -0.25) is 4.79 Å². The average Bonchev–Trinajstić information content (AvgIpc) is 2.44. The van der Waals surface area contributed by atoms with E-state index in [1.54, 1.807) is 18.2 Å². The van der Waals surface area contributed by atoms with E-state index < -0.39 is 0 Å². The van der Waals surface area contributed by atoms with E-state index in [1.165, 1.54) is 18.2 Å². The van der Waals surface area contributed by atoms with Gasteiger partial charge in [0.05, 0.1) is 15.6 Å². The topological polar surface area (TPSA) is 32.7 Å². The lowest BCUT2D eigenvalue weighted by molar-refractivity contribution is 0.100. The number of benzene rings is 1. The molecule has 0 aliphatic carbocycles. The maximum absolute atomic E-state index is 12.4. The molecule has 1 amide bonds. The van der Waals surface area contributed by atoms with Crippen molar-refractivity contribution in [1.82, 2.24) is 4.90 Å². The molecule has 3 nitrogen and oxygen atoms in total. The number of thioether (sulfide) groups is 1. The van der Waals surface area contributed by atoms with Gasteiger partial charge in [-0.2, -0.15) is 4.99 Å². The van der Waals surface area contributed by atoms with E-state index in [2.05, 4.69) is 16.8 Å². The molecule has 114 valence electrons. The molecule has 1 saturated heterocycles. The maximum Gasteiger partial charge on any atom is 0.282 e. The van der Waals surface area contributed by atoms with Crippen LogP contribution in [0.2, 0.25) is 10.0 Å². The van der Waals surface area contributed by atoms with Crippen LogP contribution in [-0.4, -0.2) is 35.3 Å². The lowest BCUT2D eigenvalue weighted by atomic mass is 10.0. The Morgan fingerprint density at radius 2 is 2.05 bits per heavy atom. The number of piperidine rings is 1. The van der Waals surface area contributed by atoms with Crippen molar-refractivity contribution in [3.8, 4) is 0 Å². The van der Waals surface area contributed by atoms with Crippen LogP contribution in [0.5, 0.6) is 0 Å². The molecular formula is C15H18Cl2N2OS. The van der Waals surface area contributed by atoms with E-state index in [1.807, 2.05) is 6.26 Å². The van der Waals surface area contributed by atoms with Crippen LogP contribution < -0.4 is 0 Å². The van der Waals surface area contributed by atoms with Crippen LogP contribution in [0, 0.1) is 5.92 Å². The number of hydrogen-bond donors (Lipinski definition) is 0. The van der Waals surface area contributed by atoms with Crippen molar-refractivity contribution in [1.29, 1.82) is 0 Å². The number of halogens is 2. The highest BCUT2D eigenvalue weighted by molar-refractivity contribution is 8.13. The van der Waals surface area contributed by atoms with Gasteiger partial charge < -0.3 is 4.90 Å². The normalized spacial score (nSPS) is 19.7. The minimum absolute atomic E-state index is 0.275. The standard InChI is InChI=1S/C15H18Cl2N2OS/c1-10-5-4-8-19(9-10)15(21-2)18-14(20)13-11(16)6-3-7-12(13)17/h3,6-7,10H,4-5,8-9H2,1-2H3/t10-/m0/s1. The first-order chi connectivity index (χ1) is 10.0. The monoisotopic (exact) mass is 344 g/mol. The Bertz CT molecular complexity index is 542. The quantitative estimate of drug-likeness (QED) is 0.551. The summed E-state index contributed by atoms with van der Waals surface area (Å²) in [6, 6.07) is 5.02. The molecule has 0 aromatic heterocycles. The molecule has 1 atom stereocenters. The molecule has 0 bridgehead atoms. The fourth-order valence-electron chi connectivity index (χ4n) is 2.45. The maximum atomic E-state index is 12.4. The number of amidine groups is 1. The van der Waals surface area contributed by atoms with Crippen LogP contribution in [0.1, 0.15) is 30.1 Å². The molecule has 0 saturated carbocycles. The zero-order chi connectivity index (χ0) is 15.4. The summed E-state index contributed by atoms with van der Waals surface area (Å²) >= 11 is 13.6. The van der Waals surface area contributed by atoms with Crippen molar-refractivity contribution in [2.45, 2.75) is 19.8 Å². The number of amides is 1. The highest BCUT2D eigenvalue weighted by Crippen LogP contribution is 2.26. The van der Waals surface area contributed by atoms with Crippen LogP contribution >= 0.6 is 35.0 Å². The zero-order valence-corrected chi connectivity index (χ0v) is 14.4. The van der Waals surface area contributed by atoms with Gasteiger partial charge in [0.2, 0.25) is 0 Å². The first kappa shape index (κ1) is 16.7. The van der Waals surface area contributed by atoms with Gasteiger partial charge in [-0.15, -0.1) is 0 Å². The third-order valence-corrected chi connectivity index (χ3v) is 4.83. The smallest absolute Gasteiger partial charge is 0.282 e. The SMILES string of the molecule is CSC(=NC(=O)c1c(Cl)cccc1Cl)N1CCC[C@H](C)C1. The van der Waals surface area contributed by atoms with Gasteiger partial charge in [0.1, 0.15) is 0 Å². The fraction of sp³-hybridized carbons (Fsp3) is 0.467. The largest absolute Gasteiger partial charge is 0.351 e. The van der Waals surface area contributed by atoms with Crippen LogP contribution in [0.3, 0.4) is 0 Å². The molecule has 2 rings (SSSR count). The molecule has 0 radical (unpaired) electrons. The number of nitrogens with zero attached hydrogens (tertiary/aromatic N) is 2. The van der Waals surface area contributed by atoms with Crippen LogP contribution in [0.4, 0.5) is 0 Å². The van der Waals surface area contributed by atoms with Crippen molar-refractivity contribution < 1.29 is 4.79 Å². The molecule has 0 spiro atoms. The number of aliphatic imine (C=N–C) groups is 1. The predicted molar refractivity (Wildman–Crippen MR) is 91.7 cm³/mol. The van der Waals surface area contributed by atoms with E-state index in [0.29, 0.717) is 16.0 Å². The summed E-state index contributed by atoms with van der Waals surface area (Å²) in [5.74, 6) is 0.239. The van der Waals surface area contributed by atoms with Crippen LogP contribution in [0.25, 0.3) is 0 Å². The Balaban J connectivity index is 2.25. The van der Waals surface area contributed by atoms with Gasteiger partial charge in [-0.1, -0.05) is 48.0 Å². The second-order valence-corrected chi connectivity index (χ2v) is 6.78. The van der Waals surface area contributed by atoms with Crippen LogP contribution in [0.15, 0.2) is 23.2 Å². The van der Waals surface area contributed by atoms with Crippen molar-refractivity contribution in [3.05, 3.63) is 33.8 Å². The molecule has 0 N–H and O–H groups in total. The second kappa shape index (κ2) is 7.52. The second-order valence-electron chi connectivity index (χ2n) is 5.19. The third-order valence-electron chi connectivity index (χ3n) is 3.48. The van der Waals surface area contributed by atoms with Crippen molar-refractivity contribution in [3.63, 3.8) is 0 Å². The molecule has 0 unspecified atom stereocenters. The fourth-order valence-corrected chi connectivity index (χ4v) is 3.61. The van der Waals surface area contributed by atoms with Gasteiger partial charge in [0, 0.05) is 13.1 Å². The average molecular weight is 345 g/mol. The Kier molecular flexibility index (Phi) is 5.97. The molecule has 1 fully saturated rings. The summed E-state index contributed by atoms with van der Waals surface area (Å²) in [5.41, 5.74) is 0.275. The number of carbonyl (C=O) groups is 1. The molecule has 1 aliphatic rings. The number of likely N-dealkylation sites (tertiary alicyclic amines) is 1. The lowest BCUT2D eigenvalue weighted by Crippen LogP contribution is -2.38. The number of rotatable bonds is 1. The Hall–Kier alpha value is -0.710. The number of carbonyl (C=O) groups excluding carboxylic acids is 1. The first-order valence-corrected chi connectivity index (χ1v) is 8.87. The number of hydrogen-bond acceptors (Lipinski definition) is 2. The first-order valence-electron chi connectivity index (χ1n) is 6.89. The van der Waals surface area contributed by atoms with Gasteiger partial charge in [-0.25, -0.2) is 0 Å². The summed E-state index contributed by atoms with van der Waals surface area (Å²) in [5, 5.41) is 1.41. The van der Waals surface area contributed by atoms with Gasteiger partial charge >= 0.3 is 0 Å². The molecular weight excluding hydrogens is 327 g/mol. The predicted octanol–water partition coefficient (Wildman–Crippen LogP) is 4.58. The lowest BCUT2D eigenvalue weighted by Gasteiger charge is -2.32. The summed E-state index contributed by atoms with van der Waals surface area (Å²) in [6.45, 7) is 4.09. The van der Waals surface area contributed by atoms with E-state index in [-0.39, 0.29) is 11.5 Å². The summed E-state index contributed by atoms with van der Waals surface area (Å²) < 4.78 is 0. The molecule has 21 heavy (non-hydrogen) atoms. The van der Waals surface area contributed by atoms with Crippen molar-refractivity contribution in [2.24, 2.45) is 10.9 Å². The molecule has 1 aromatic carbocycles. The molecule has 1 heterocycles. The van der Waals surface area contributed by atoms with E-state index in [4.69, 9.17) is 23.2 Å². The third kappa shape index (κ3) is 4.15. The molecule has 6 heteroatoms. The minimum Gasteiger partial charge on any atom is -0.351 e.